The van der Waals surface area contributed by atoms with Crippen molar-refractivity contribution in [3.63, 3.8) is 0 Å². The largest absolute Gasteiger partial charge is 0.497 e. The van der Waals surface area contributed by atoms with Gasteiger partial charge in [-0.1, -0.05) is 19.1 Å². The maximum Gasteiger partial charge on any atom is 0.193 e. The van der Waals surface area contributed by atoms with Gasteiger partial charge in [-0.3, -0.25) is 4.99 Å². The lowest BCUT2D eigenvalue weighted by Crippen LogP contribution is -2.42. The molecule has 0 aromatic heterocycles. The smallest absolute Gasteiger partial charge is 0.193 e. The summed E-state index contributed by atoms with van der Waals surface area (Å²) >= 11 is 0. The SMILES string of the molecule is CCN1CCC(CNC(=NC)N2CCC(c3ccc(OC)cc3)C2)C1. The molecule has 1 N–H and O–H groups in total. The van der Waals surface area contributed by atoms with E-state index < -0.39 is 0 Å². The number of nitrogens with one attached hydrogen (secondary N) is 1. The first-order chi connectivity index (χ1) is 12.2. The van der Waals surface area contributed by atoms with E-state index in [0.717, 1.165) is 37.3 Å². The number of hydrogen-bond donors (Lipinski definition) is 1. The summed E-state index contributed by atoms with van der Waals surface area (Å²) in [6, 6.07) is 8.51. The van der Waals surface area contributed by atoms with Crippen LogP contribution in [0.4, 0.5) is 0 Å². The zero-order valence-corrected chi connectivity index (χ0v) is 15.9. The molecule has 1 aromatic rings. The molecule has 2 atom stereocenters. The lowest BCUT2D eigenvalue weighted by Gasteiger charge is -2.23. The molecule has 2 aliphatic rings. The highest BCUT2D eigenvalue weighted by molar-refractivity contribution is 5.80. The first-order valence-corrected chi connectivity index (χ1v) is 9.55. The Balaban J connectivity index is 1.51. The number of likely N-dealkylation sites (tertiary alicyclic amines) is 2. The van der Waals surface area contributed by atoms with Crippen molar-refractivity contribution in [1.29, 1.82) is 0 Å². The summed E-state index contributed by atoms with van der Waals surface area (Å²) in [6.45, 7) is 9.02. The molecule has 0 aliphatic carbocycles. The number of ether oxygens (including phenoxy) is 1. The Hall–Kier alpha value is -1.75. The summed E-state index contributed by atoms with van der Waals surface area (Å²) in [4.78, 5) is 9.46. The first-order valence-electron chi connectivity index (χ1n) is 9.55. The molecule has 2 heterocycles. The molecule has 5 heteroatoms. The highest BCUT2D eigenvalue weighted by Crippen LogP contribution is 2.28. The van der Waals surface area contributed by atoms with Gasteiger partial charge in [0.05, 0.1) is 7.11 Å². The van der Waals surface area contributed by atoms with Gasteiger partial charge in [-0.15, -0.1) is 0 Å². The minimum atomic E-state index is 0.575. The zero-order valence-electron chi connectivity index (χ0n) is 15.9. The topological polar surface area (TPSA) is 40.1 Å². The van der Waals surface area contributed by atoms with E-state index in [1.807, 2.05) is 7.05 Å². The van der Waals surface area contributed by atoms with E-state index in [0.29, 0.717) is 5.92 Å². The van der Waals surface area contributed by atoms with E-state index in [9.17, 15) is 0 Å². The van der Waals surface area contributed by atoms with E-state index in [1.165, 1.54) is 38.0 Å². The highest BCUT2D eigenvalue weighted by Gasteiger charge is 2.27. The van der Waals surface area contributed by atoms with Crippen molar-refractivity contribution < 1.29 is 4.74 Å². The van der Waals surface area contributed by atoms with Crippen LogP contribution in [0.15, 0.2) is 29.3 Å². The van der Waals surface area contributed by atoms with Gasteiger partial charge in [0.2, 0.25) is 0 Å². The van der Waals surface area contributed by atoms with Crippen molar-refractivity contribution in [3.05, 3.63) is 29.8 Å². The third-order valence-corrected chi connectivity index (χ3v) is 5.65. The normalized spacial score (nSPS) is 24.8. The first kappa shape index (κ1) is 18.1. The van der Waals surface area contributed by atoms with Crippen LogP contribution in [0.1, 0.15) is 31.2 Å². The third kappa shape index (κ3) is 4.46. The summed E-state index contributed by atoms with van der Waals surface area (Å²) in [5.74, 6) is 3.31. The van der Waals surface area contributed by atoms with Crippen LogP contribution in [0.5, 0.6) is 5.75 Å². The maximum absolute atomic E-state index is 5.26. The van der Waals surface area contributed by atoms with Crippen LogP contribution in [0.2, 0.25) is 0 Å². The molecule has 0 radical (unpaired) electrons. The molecular weight excluding hydrogens is 312 g/mol. The fourth-order valence-corrected chi connectivity index (χ4v) is 4.04. The van der Waals surface area contributed by atoms with Crippen molar-refractivity contribution in [1.82, 2.24) is 15.1 Å². The van der Waals surface area contributed by atoms with Crippen molar-refractivity contribution in [2.45, 2.75) is 25.7 Å². The number of hydrogen-bond acceptors (Lipinski definition) is 3. The van der Waals surface area contributed by atoms with Gasteiger partial charge in [-0.25, -0.2) is 0 Å². The monoisotopic (exact) mass is 344 g/mol. The van der Waals surface area contributed by atoms with Gasteiger partial charge in [0, 0.05) is 39.1 Å². The molecule has 25 heavy (non-hydrogen) atoms. The van der Waals surface area contributed by atoms with Gasteiger partial charge >= 0.3 is 0 Å². The van der Waals surface area contributed by atoms with Crippen LogP contribution < -0.4 is 10.1 Å². The number of nitrogens with zero attached hydrogens (tertiary/aromatic N) is 3. The fraction of sp³-hybridized carbons (Fsp3) is 0.650. The van der Waals surface area contributed by atoms with E-state index in [4.69, 9.17) is 4.74 Å². The van der Waals surface area contributed by atoms with Gasteiger partial charge in [-0.2, -0.15) is 0 Å². The Bertz CT molecular complexity index is 572. The molecule has 0 saturated carbocycles. The summed E-state index contributed by atoms with van der Waals surface area (Å²) in [6.07, 6.45) is 2.48. The number of guanidine groups is 1. The average Bonchev–Trinajstić information content (AvgIpc) is 3.32. The average molecular weight is 345 g/mol. The highest BCUT2D eigenvalue weighted by atomic mass is 16.5. The van der Waals surface area contributed by atoms with Crippen molar-refractivity contribution >= 4 is 5.96 Å². The van der Waals surface area contributed by atoms with Crippen LogP contribution in [0.25, 0.3) is 0 Å². The number of benzene rings is 1. The minimum absolute atomic E-state index is 0.575. The van der Waals surface area contributed by atoms with Crippen LogP contribution in [0, 0.1) is 5.92 Å². The lowest BCUT2D eigenvalue weighted by molar-refractivity contribution is 0.341. The Morgan fingerprint density at radius 2 is 2.00 bits per heavy atom. The lowest BCUT2D eigenvalue weighted by atomic mass is 9.98. The molecule has 2 unspecified atom stereocenters. The predicted octanol–water partition coefficient (Wildman–Crippen LogP) is 2.40. The van der Waals surface area contributed by atoms with Crippen LogP contribution in [-0.2, 0) is 0 Å². The molecule has 0 amide bonds. The molecule has 3 rings (SSSR count). The van der Waals surface area contributed by atoms with Crippen LogP contribution in [0.3, 0.4) is 0 Å². The maximum atomic E-state index is 5.26. The Kier molecular flexibility index (Phi) is 6.19. The van der Waals surface area contributed by atoms with Gasteiger partial charge in [0.25, 0.3) is 0 Å². The summed E-state index contributed by atoms with van der Waals surface area (Å²) in [5, 5.41) is 3.62. The Morgan fingerprint density at radius 1 is 1.20 bits per heavy atom. The molecule has 5 nitrogen and oxygen atoms in total. The fourth-order valence-electron chi connectivity index (χ4n) is 4.04. The second-order valence-electron chi connectivity index (χ2n) is 7.18. The Morgan fingerprint density at radius 3 is 2.64 bits per heavy atom. The molecule has 0 bridgehead atoms. The van der Waals surface area contributed by atoms with Crippen molar-refractivity contribution in [3.8, 4) is 5.75 Å². The van der Waals surface area contributed by atoms with Crippen molar-refractivity contribution in [2.24, 2.45) is 10.9 Å². The molecule has 2 aliphatic heterocycles. The molecule has 0 spiro atoms. The van der Waals surface area contributed by atoms with E-state index in [-0.39, 0.29) is 0 Å². The quantitative estimate of drug-likeness (QED) is 0.658. The number of rotatable bonds is 5. The second-order valence-corrected chi connectivity index (χ2v) is 7.18. The van der Waals surface area contributed by atoms with E-state index in [2.05, 4.69) is 51.3 Å². The van der Waals surface area contributed by atoms with Gasteiger partial charge in [0.15, 0.2) is 5.96 Å². The standard InChI is InChI=1S/C20H32N4O/c1-4-23-11-9-16(14-23)13-22-20(21-2)24-12-10-18(15-24)17-5-7-19(25-3)8-6-17/h5-8,16,18H,4,9-15H2,1-3H3,(H,21,22). The summed E-state index contributed by atoms with van der Waals surface area (Å²) in [7, 11) is 3.61. The molecule has 138 valence electrons. The Labute approximate surface area is 152 Å². The summed E-state index contributed by atoms with van der Waals surface area (Å²) < 4.78 is 5.26. The van der Waals surface area contributed by atoms with Crippen LogP contribution in [-0.4, -0.2) is 69.2 Å². The van der Waals surface area contributed by atoms with Crippen LogP contribution >= 0.6 is 0 Å². The molecule has 2 fully saturated rings. The molecule has 1 aromatic carbocycles. The molecular formula is C20H32N4O. The number of aliphatic imine (C=N–C) groups is 1. The molecule has 2 saturated heterocycles. The van der Waals surface area contributed by atoms with Gasteiger partial charge < -0.3 is 19.9 Å². The second kappa shape index (κ2) is 8.56. The van der Waals surface area contributed by atoms with E-state index in [1.54, 1.807) is 7.11 Å². The van der Waals surface area contributed by atoms with Gasteiger partial charge in [-0.05, 0) is 49.5 Å². The minimum Gasteiger partial charge on any atom is -0.497 e. The van der Waals surface area contributed by atoms with Gasteiger partial charge in [0.1, 0.15) is 5.75 Å². The number of methoxy groups -OCH3 is 1. The van der Waals surface area contributed by atoms with Crippen molar-refractivity contribution in [2.75, 3.05) is 53.4 Å². The van der Waals surface area contributed by atoms with E-state index >= 15 is 0 Å². The third-order valence-electron chi connectivity index (χ3n) is 5.65. The zero-order chi connectivity index (χ0) is 17.6. The predicted molar refractivity (Wildman–Crippen MR) is 104 cm³/mol. The summed E-state index contributed by atoms with van der Waals surface area (Å²) in [5.41, 5.74) is 1.40.